The molecule has 0 aromatic heterocycles. The predicted octanol–water partition coefficient (Wildman–Crippen LogP) is 0.0110. The SMILES string of the molecule is CC(C)C[O-].CC(C)C[O-].CC(C)C[O-].CC(C)C[O-].CC(C)C[O-].[V]. The van der Waals surface area contributed by atoms with Gasteiger partial charge in [-0.2, -0.15) is 0 Å². The van der Waals surface area contributed by atoms with E-state index in [4.69, 9.17) is 0 Å². The standard InChI is InChI=1S/5C4H9O.V/c5*1-4(2)3-5;/h5*4H,3H2,1-2H3;/q5*-1;. The van der Waals surface area contributed by atoms with Crippen LogP contribution in [0.15, 0.2) is 0 Å². The van der Waals surface area contributed by atoms with Crippen molar-refractivity contribution in [1.82, 2.24) is 0 Å². The summed E-state index contributed by atoms with van der Waals surface area (Å²) in [6, 6.07) is 0. The molecule has 0 aliphatic heterocycles. The second-order valence-corrected chi connectivity index (χ2v) is 7.80. The second-order valence-electron chi connectivity index (χ2n) is 7.80. The van der Waals surface area contributed by atoms with Gasteiger partial charge >= 0.3 is 0 Å². The molecular formula is C20H45O5V-5. The van der Waals surface area contributed by atoms with Gasteiger partial charge in [-0.15, -0.1) is 33.0 Å². The van der Waals surface area contributed by atoms with E-state index >= 15 is 0 Å². The van der Waals surface area contributed by atoms with Gasteiger partial charge in [0.2, 0.25) is 0 Å². The van der Waals surface area contributed by atoms with Crippen LogP contribution in [0, 0.1) is 29.6 Å². The van der Waals surface area contributed by atoms with E-state index in [1.165, 1.54) is 0 Å². The average Bonchev–Trinajstić information content (AvgIpc) is 2.56. The molecule has 26 heavy (non-hydrogen) atoms. The van der Waals surface area contributed by atoms with E-state index in [-0.39, 0.29) is 51.6 Å². The van der Waals surface area contributed by atoms with Crippen LogP contribution in [0.5, 0.6) is 0 Å². The molecule has 0 unspecified atom stereocenters. The summed E-state index contributed by atoms with van der Waals surface area (Å²) in [5, 5.41) is 48.1. The Bertz CT molecular complexity index is 141. The molecule has 0 N–H and O–H groups in total. The Morgan fingerprint density at radius 2 is 0.385 bits per heavy atom. The van der Waals surface area contributed by atoms with E-state index in [2.05, 4.69) is 0 Å². The Morgan fingerprint density at radius 1 is 0.346 bits per heavy atom. The van der Waals surface area contributed by atoms with Gasteiger partial charge in [-0.3, -0.25) is 0 Å². The molecule has 0 aliphatic carbocycles. The van der Waals surface area contributed by atoms with Crippen molar-refractivity contribution in [1.29, 1.82) is 0 Å². The van der Waals surface area contributed by atoms with Gasteiger partial charge < -0.3 is 25.5 Å². The molecule has 0 amide bonds. The fourth-order valence-corrected chi connectivity index (χ4v) is 0. The van der Waals surface area contributed by atoms with Crippen LogP contribution >= 0.6 is 0 Å². The molecule has 0 atom stereocenters. The number of hydrogen-bond donors (Lipinski definition) is 0. The van der Waals surface area contributed by atoms with Crippen LogP contribution in [0.25, 0.3) is 0 Å². The van der Waals surface area contributed by atoms with Crippen molar-refractivity contribution in [2.24, 2.45) is 29.6 Å². The van der Waals surface area contributed by atoms with Gasteiger partial charge in [0, 0.05) is 18.6 Å². The van der Waals surface area contributed by atoms with E-state index in [1.54, 1.807) is 0 Å². The minimum absolute atomic E-state index is 0. The summed E-state index contributed by atoms with van der Waals surface area (Å²) in [6.45, 7) is 19.4. The van der Waals surface area contributed by atoms with Crippen LogP contribution in [0.4, 0.5) is 0 Å². The van der Waals surface area contributed by atoms with Gasteiger partial charge in [-0.05, 0) is 0 Å². The number of rotatable bonds is 5. The van der Waals surface area contributed by atoms with Crippen LogP contribution < -0.4 is 25.5 Å². The molecule has 0 aromatic carbocycles. The van der Waals surface area contributed by atoms with Crippen LogP contribution in [0.2, 0.25) is 0 Å². The normalized spacial score (nSPS) is 9.23. The summed E-state index contributed by atoms with van der Waals surface area (Å²) >= 11 is 0. The fourth-order valence-electron chi connectivity index (χ4n) is 0. The fraction of sp³-hybridized carbons (Fsp3) is 1.00. The summed E-state index contributed by atoms with van der Waals surface area (Å²) in [4.78, 5) is 0. The molecule has 0 saturated carbocycles. The van der Waals surface area contributed by atoms with E-state index < -0.39 is 0 Å². The van der Waals surface area contributed by atoms with Crippen LogP contribution in [0.3, 0.4) is 0 Å². The minimum atomic E-state index is 0. The van der Waals surface area contributed by atoms with Gasteiger partial charge in [0.05, 0.1) is 0 Å². The predicted molar refractivity (Wildman–Crippen MR) is 98.5 cm³/mol. The Morgan fingerprint density at radius 3 is 0.385 bits per heavy atom. The van der Waals surface area contributed by atoms with Gasteiger partial charge in [-0.1, -0.05) is 98.8 Å². The van der Waals surface area contributed by atoms with Crippen molar-refractivity contribution in [3.8, 4) is 0 Å². The maximum atomic E-state index is 9.63. The Balaban J connectivity index is -0.0000000476. The van der Waals surface area contributed by atoms with Crippen molar-refractivity contribution in [3.63, 3.8) is 0 Å². The molecule has 0 fully saturated rings. The third-order valence-corrected chi connectivity index (χ3v) is 1.67. The van der Waals surface area contributed by atoms with Gasteiger partial charge in [-0.25, -0.2) is 0 Å². The average molecular weight is 417 g/mol. The monoisotopic (exact) mass is 416 g/mol. The van der Waals surface area contributed by atoms with Gasteiger partial charge in [0.15, 0.2) is 0 Å². The van der Waals surface area contributed by atoms with Crippen molar-refractivity contribution < 1.29 is 44.1 Å². The van der Waals surface area contributed by atoms with E-state index in [1.807, 2.05) is 69.2 Å². The van der Waals surface area contributed by atoms with Crippen molar-refractivity contribution in [2.75, 3.05) is 33.0 Å². The zero-order valence-corrected chi connectivity index (χ0v) is 20.3. The summed E-state index contributed by atoms with van der Waals surface area (Å²) in [6.07, 6.45) is 0. The van der Waals surface area contributed by atoms with E-state index in [9.17, 15) is 25.5 Å². The second kappa shape index (κ2) is 36.3. The first-order valence-corrected chi connectivity index (χ1v) is 9.26. The van der Waals surface area contributed by atoms with Crippen LogP contribution in [-0.2, 0) is 18.6 Å². The zero-order valence-electron chi connectivity index (χ0n) is 18.9. The summed E-state index contributed by atoms with van der Waals surface area (Å²) in [5.74, 6) is 1.64. The summed E-state index contributed by atoms with van der Waals surface area (Å²) in [5.41, 5.74) is 0. The van der Waals surface area contributed by atoms with Crippen LogP contribution in [-0.4, -0.2) is 33.0 Å². The smallest absolute Gasteiger partial charge is 0 e. The van der Waals surface area contributed by atoms with Crippen molar-refractivity contribution >= 4 is 0 Å². The summed E-state index contributed by atoms with van der Waals surface area (Å²) in [7, 11) is 0. The molecule has 5 nitrogen and oxygen atoms in total. The Labute approximate surface area is 176 Å². The maximum Gasteiger partial charge on any atom is 0 e. The first-order chi connectivity index (χ1) is 11.4. The molecular weight excluding hydrogens is 371 g/mol. The Kier molecular flexibility index (Phi) is 57.2. The van der Waals surface area contributed by atoms with Crippen LogP contribution in [0.1, 0.15) is 69.2 Å². The zero-order chi connectivity index (χ0) is 21.4. The molecule has 6 heteroatoms. The van der Waals surface area contributed by atoms with Crippen molar-refractivity contribution in [2.45, 2.75) is 69.2 Å². The molecule has 0 spiro atoms. The van der Waals surface area contributed by atoms with E-state index in [0.717, 1.165) is 0 Å². The third kappa shape index (κ3) is 124. The molecule has 0 saturated heterocycles. The summed E-state index contributed by atoms with van der Waals surface area (Å²) < 4.78 is 0. The molecule has 0 aliphatic rings. The minimum Gasteiger partial charge on any atom is -0.854 e. The molecule has 1 radical (unpaired) electrons. The largest absolute Gasteiger partial charge is 0.854 e. The quantitative estimate of drug-likeness (QED) is 0.626. The first kappa shape index (κ1) is 40.9. The molecule has 0 aromatic rings. The van der Waals surface area contributed by atoms with Gasteiger partial charge in [0.25, 0.3) is 0 Å². The van der Waals surface area contributed by atoms with E-state index in [0.29, 0.717) is 29.6 Å². The Hall–Kier alpha value is 0.384. The maximum absolute atomic E-state index is 9.63. The molecule has 0 rings (SSSR count). The molecule has 165 valence electrons. The molecule has 0 bridgehead atoms. The van der Waals surface area contributed by atoms with Gasteiger partial charge in [0.1, 0.15) is 0 Å². The topological polar surface area (TPSA) is 115 Å². The third-order valence-electron chi connectivity index (χ3n) is 1.67. The number of hydrogen-bond acceptors (Lipinski definition) is 5. The first-order valence-electron chi connectivity index (χ1n) is 9.26. The van der Waals surface area contributed by atoms with Crippen molar-refractivity contribution in [3.05, 3.63) is 0 Å². The molecule has 0 heterocycles.